The number of aromatic amines is 1. The van der Waals surface area contributed by atoms with Gasteiger partial charge in [0.05, 0.1) is 17.6 Å². The van der Waals surface area contributed by atoms with E-state index in [1.165, 1.54) is 0 Å². The molecule has 0 bridgehead atoms. The summed E-state index contributed by atoms with van der Waals surface area (Å²) >= 11 is 0. The van der Waals surface area contributed by atoms with Crippen molar-refractivity contribution in [1.29, 1.82) is 0 Å². The van der Waals surface area contributed by atoms with Crippen LogP contribution in [-0.2, 0) is 13.1 Å². The van der Waals surface area contributed by atoms with Crippen molar-refractivity contribution in [2.75, 3.05) is 0 Å². The number of aromatic nitrogens is 4. The van der Waals surface area contributed by atoms with Gasteiger partial charge in [0.25, 0.3) is 0 Å². The zero-order chi connectivity index (χ0) is 20.5. The summed E-state index contributed by atoms with van der Waals surface area (Å²) in [6, 6.07) is 17.8. The van der Waals surface area contributed by atoms with Gasteiger partial charge in [0.15, 0.2) is 5.75 Å². The Balaban J connectivity index is 1.63. The Kier molecular flexibility index (Phi) is 4.52. The topological polar surface area (TPSA) is 79.0 Å². The summed E-state index contributed by atoms with van der Waals surface area (Å²) < 4.78 is 3.81. The summed E-state index contributed by atoms with van der Waals surface area (Å²) in [5.41, 5.74) is 4.31. The summed E-state index contributed by atoms with van der Waals surface area (Å²) in [5.74, 6) is -0.198. The first kappa shape index (κ1) is 18.1. The van der Waals surface area contributed by atoms with Crippen molar-refractivity contribution in [3.63, 3.8) is 0 Å². The number of fused-ring (bicyclic) bond motifs is 1. The molecule has 0 aliphatic rings. The average Bonchev–Trinajstić information content (AvgIpc) is 3.50. The number of hydrogen-bond donors (Lipinski definition) is 3. The lowest BCUT2D eigenvalue weighted by Gasteiger charge is -2.13. The molecule has 3 aromatic heterocycles. The van der Waals surface area contributed by atoms with E-state index in [1.807, 2.05) is 70.1 Å². The highest BCUT2D eigenvalue weighted by molar-refractivity contribution is 5.92. The Morgan fingerprint density at radius 3 is 2.60 bits per heavy atom. The van der Waals surface area contributed by atoms with Crippen molar-refractivity contribution in [1.82, 2.24) is 19.1 Å². The maximum atomic E-state index is 10.9. The van der Waals surface area contributed by atoms with Crippen molar-refractivity contribution in [3.8, 4) is 34.0 Å². The molecular weight excluding hydrogens is 376 g/mol. The van der Waals surface area contributed by atoms with Gasteiger partial charge in [0, 0.05) is 42.6 Å². The Bertz CT molecular complexity index is 1280. The number of H-pyrrole nitrogens is 1. The van der Waals surface area contributed by atoms with E-state index in [1.54, 1.807) is 12.5 Å². The Labute approximate surface area is 173 Å². The van der Waals surface area contributed by atoms with Crippen LogP contribution in [0.15, 0.2) is 79.5 Å². The van der Waals surface area contributed by atoms with E-state index < -0.39 is 0 Å². The molecule has 0 amide bonds. The van der Waals surface area contributed by atoms with E-state index in [0.29, 0.717) is 12.1 Å². The van der Waals surface area contributed by atoms with Gasteiger partial charge in [0.1, 0.15) is 0 Å². The van der Waals surface area contributed by atoms with E-state index in [0.717, 1.165) is 40.7 Å². The van der Waals surface area contributed by atoms with Crippen LogP contribution in [0.2, 0.25) is 0 Å². The second-order valence-corrected chi connectivity index (χ2v) is 7.35. The van der Waals surface area contributed by atoms with Gasteiger partial charge in [-0.25, -0.2) is 4.98 Å². The largest absolute Gasteiger partial charge is 0.503 e. The molecule has 3 N–H and O–H groups in total. The molecule has 2 aromatic carbocycles. The molecule has 0 atom stereocenters. The molecule has 0 unspecified atom stereocenters. The van der Waals surface area contributed by atoms with Gasteiger partial charge >= 0.3 is 0 Å². The smallest absolute Gasteiger partial charge is 0.235 e. The van der Waals surface area contributed by atoms with Crippen LogP contribution in [0.1, 0.15) is 6.42 Å². The molecule has 0 radical (unpaired) electrons. The molecule has 0 fully saturated rings. The second-order valence-electron chi connectivity index (χ2n) is 7.35. The van der Waals surface area contributed by atoms with Gasteiger partial charge in [-0.15, -0.1) is 0 Å². The maximum absolute atomic E-state index is 10.9. The third-order valence-corrected chi connectivity index (χ3v) is 5.46. The normalized spacial score (nSPS) is 11.3. The number of aromatic hydroxyl groups is 2. The first-order valence-corrected chi connectivity index (χ1v) is 9.95. The third-order valence-electron chi connectivity index (χ3n) is 5.46. The molecular formula is C24H22N4O2. The minimum Gasteiger partial charge on any atom is -0.503 e. The highest BCUT2D eigenvalue weighted by Gasteiger charge is 2.24. The number of aryl methyl sites for hydroxylation is 1. The second kappa shape index (κ2) is 7.48. The number of rotatable bonds is 6. The van der Waals surface area contributed by atoms with Gasteiger partial charge in [-0.3, -0.25) is 0 Å². The van der Waals surface area contributed by atoms with Gasteiger partial charge in [0.2, 0.25) is 5.88 Å². The lowest BCUT2D eigenvalue weighted by molar-refractivity contribution is 0.369. The summed E-state index contributed by atoms with van der Waals surface area (Å²) in [7, 11) is 0. The SMILES string of the molecule is Oc1c(-c2ccccc2)c(-c2ccc3[nH]ccc3c2)n(CCCn2ccnc2)c1O. The van der Waals surface area contributed by atoms with Crippen LogP contribution >= 0.6 is 0 Å². The molecule has 150 valence electrons. The fourth-order valence-electron chi connectivity index (χ4n) is 4.02. The highest BCUT2D eigenvalue weighted by atomic mass is 16.3. The summed E-state index contributed by atoms with van der Waals surface area (Å²) in [6.07, 6.45) is 8.15. The fraction of sp³-hybridized carbons (Fsp3) is 0.125. The van der Waals surface area contributed by atoms with E-state index in [-0.39, 0.29) is 11.6 Å². The standard InChI is InChI=1S/C24H22N4O2/c29-23-21(17-5-2-1-3-6-17)22(19-7-8-20-18(15-19)9-10-26-20)28(24(23)30)13-4-12-27-14-11-25-16-27/h1-3,5-11,14-16,26,29-30H,4,12-13H2. The highest BCUT2D eigenvalue weighted by Crippen LogP contribution is 2.47. The minimum atomic E-state index is -0.108. The minimum absolute atomic E-state index is 0.0898. The third kappa shape index (κ3) is 3.12. The quantitative estimate of drug-likeness (QED) is 0.376. The summed E-state index contributed by atoms with van der Waals surface area (Å²) in [6.45, 7) is 1.33. The molecule has 5 aromatic rings. The van der Waals surface area contributed by atoms with E-state index in [2.05, 4.69) is 16.0 Å². The number of benzene rings is 2. The van der Waals surface area contributed by atoms with Crippen molar-refractivity contribution in [2.45, 2.75) is 19.5 Å². The van der Waals surface area contributed by atoms with Crippen LogP contribution in [0.25, 0.3) is 33.3 Å². The first-order chi connectivity index (χ1) is 14.7. The molecule has 0 aliphatic carbocycles. The molecule has 6 heteroatoms. The van der Waals surface area contributed by atoms with Crippen molar-refractivity contribution >= 4 is 10.9 Å². The van der Waals surface area contributed by atoms with Crippen molar-refractivity contribution in [2.24, 2.45) is 0 Å². The first-order valence-electron chi connectivity index (χ1n) is 9.95. The Morgan fingerprint density at radius 1 is 0.933 bits per heavy atom. The molecule has 0 aliphatic heterocycles. The zero-order valence-electron chi connectivity index (χ0n) is 16.4. The predicted octanol–water partition coefficient (Wildman–Crippen LogP) is 5.00. The molecule has 6 nitrogen and oxygen atoms in total. The van der Waals surface area contributed by atoms with Gasteiger partial charge in [-0.05, 0) is 35.7 Å². The van der Waals surface area contributed by atoms with Crippen molar-refractivity contribution in [3.05, 3.63) is 79.5 Å². The number of hydrogen-bond acceptors (Lipinski definition) is 3. The van der Waals surface area contributed by atoms with Crippen LogP contribution < -0.4 is 0 Å². The molecule has 5 rings (SSSR count). The van der Waals surface area contributed by atoms with Crippen LogP contribution in [0, 0.1) is 0 Å². The molecule has 30 heavy (non-hydrogen) atoms. The average molecular weight is 398 g/mol. The zero-order valence-corrected chi connectivity index (χ0v) is 16.4. The monoisotopic (exact) mass is 398 g/mol. The van der Waals surface area contributed by atoms with Gasteiger partial charge < -0.3 is 24.3 Å². The predicted molar refractivity (Wildman–Crippen MR) is 117 cm³/mol. The number of nitrogens with zero attached hydrogens (tertiary/aromatic N) is 3. The van der Waals surface area contributed by atoms with Crippen LogP contribution in [0.5, 0.6) is 11.6 Å². The van der Waals surface area contributed by atoms with Crippen molar-refractivity contribution < 1.29 is 10.2 Å². The fourth-order valence-corrected chi connectivity index (χ4v) is 4.02. The summed E-state index contributed by atoms with van der Waals surface area (Å²) in [4.78, 5) is 7.29. The number of nitrogens with one attached hydrogen (secondary N) is 1. The van der Waals surface area contributed by atoms with Crippen LogP contribution in [-0.4, -0.2) is 29.3 Å². The number of imidazole rings is 1. The van der Waals surface area contributed by atoms with E-state index >= 15 is 0 Å². The molecule has 0 spiro atoms. The molecule has 0 saturated heterocycles. The lowest BCUT2D eigenvalue weighted by Crippen LogP contribution is -2.04. The maximum Gasteiger partial charge on any atom is 0.235 e. The molecule has 3 heterocycles. The Morgan fingerprint density at radius 2 is 1.80 bits per heavy atom. The van der Waals surface area contributed by atoms with E-state index in [4.69, 9.17) is 0 Å². The summed E-state index contributed by atoms with van der Waals surface area (Å²) in [5, 5.41) is 22.8. The van der Waals surface area contributed by atoms with Gasteiger partial charge in [-0.1, -0.05) is 36.4 Å². The van der Waals surface area contributed by atoms with Crippen LogP contribution in [0.3, 0.4) is 0 Å². The lowest BCUT2D eigenvalue weighted by atomic mass is 10.00. The Hall–Kier alpha value is -3.93. The van der Waals surface area contributed by atoms with Gasteiger partial charge in [-0.2, -0.15) is 0 Å². The van der Waals surface area contributed by atoms with Crippen LogP contribution in [0.4, 0.5) is 0 Å². The van der Waals surface area contributed by atoms with E-state index in [9.17, 15) is 10.2 Å². The molecule has 0 saturated carbocycles.